The van der Waals surface area contributed by atoms with Gasteiger partial charge < -0.3 is 20.4 Å². The van der Waals surface area contributed by atoms with Crippen molar-refractivity contribution in [3.05, 3.63) is 82.7 Å². The second kappa shape index (κ2) is 15.9. The van der Waals surface area contributed by atoms with Crippen LogP contribution in [0.1, 0.15) is 59.3 Å². The Labute approximate surface area is 261 Å². The third-order valence-corrected chi connectivity index (χ3v) is 4.96. The van der Waals surface area contributed by atoms with E-state index in [4.69, 9.17) is 10.2 Å². The van der Waals surface area contributed by atoms with Gasteiger partial charge >= 0.3 is 69.3 Å². The zero-order valence-corrected chi connectivity index (χ0v) is 23.3. The average molecular weight is 549 g/mol. The van der Waals surface area contributed by atoms with E-state index in [9.17, 15) is 19.2 Å². The molecule has 0 fully saturated rings. The van der Waals surface area contributed by atoms with Crippen LogP contribution in [0.3, 0.4) is 0 Å². The van der Waals surface area contributed by atoms with Gasteiger partial charge in [0, 0.05) is 43.2 Å². The number of carboxylic acids is 2. The van der Waals surface area contributed by atoms with Gasteiger partial charge in [-0.3, -0.25) is 24.7 Å². The minimum atomic E-state index is -1.05. The van der Waals surface area contributed by atoms with Gasteiger partial charge in [-0.1, -0.05) is 7.43 Å². The maximum atomic E-state index is 11.3. The maximum absolute atomic E-state index is 11.3. The molecule has 0 saturated carbocycles. The van der Waals surface area contributed by atoms with Crippen molar-refractivity contribution in [3.8, 4) is 0 Å². The second-order valence-electron chi connectivity index (χ2n) is 7.34. The van der Waals surface area contributed by atoms with Gasteiger partial charge in [-0.15, -0.1) is 0 Å². The SMILES string of the molecule is C.COC(=O)C1=CN=C(c2ccc(C(C)=O)cn2)C1.O=C(O)C1=CN=C(c2ccc(C(=O)O)cn2)C1.[K+].[OH-]. The van der Waals surface area contributed by atoms with Crippen molar-refractivity contribution in [2.75, 3.05) is 7.11 Å². The largest absolute Gasteiger partial charge is 1.00 e. The zero-order valence-electron chi connectivity index (χ0n) is 20.2. The number of aliphatic imine (C=N–C) groups is 2. The number of ether oxygens (including phenoxy) is 1. The van der Waals surface area contributed by atoms with Crippen LogP contribution in [0, 0.1) is 0 Å². The molecule has 0 saturated heterocycles. The molecule has 0 spiro atoms. The van der Waals surface area contributed by atoms with E-state index in [1.165, 1.54) is 51.0 Å². The molecule has 2 aromatic heterocycles. The first-order chi connectivity index (χ1) is 16.7. The molecule has 0 aromatic carbocycles. The van der Waals surface area contributed by atoms with Gasteiger partial charge in [0.05, 0.1) is 46.6 Å². The van der Waals surface area contributed by atoms with E-state index in [-0.39, 0.29) is 93.6 Å². The summed E-state index contributed by atoms with van der Waals surface area (Å²) in [6, 6.07) is 6.35. The number of methoxy groups -OCH3 is 1. The first-order valence-electron chi connectivity index (χ1n) is 10.2. The summed E-state index contributed by atoms with van der Waals surface area (Å²) in [6.07, 6.45) is 6.11. The molecule has 0 radical (unpaired) electrons. The normalized spacial score (nSPS) is 12.9. The molecule has 194 valence electrons. The smallest absolute Gasteiger partial charge is 0.870 e. The van der Waals surface area contributed by atoms with Crippen LogP contribution in [-0.2, 0) is 14.3 Å². The summed E-state index contributed by atoms with van der Waals surface area (Å²) in [5, 5.41) is 17.5. The number of esters is 1. The summed E-state index contributed by atoms with van der Waals surface area (Å²) in [6.45, 7) is 1.49. The van der Waals surface area contributed by atoms with Gasteiger partial charge in [-0.2, -0.15) is 0 Å². The van der Waals surface area contributed by atoms with E-state index in [0.29, 0.717) is 40.4 Å². The Hall–Kier alpha value is -3.20. The number of hydrogen-bond acceptors (Lipinski definition) is 10. The van der Waals surface area contributed by atoms with Crippen molar-refractivity contribution in [1.29, 1.82) is 0 Å². The van der Waals surface area contributed by atoms with Crippen molar-refractivity contribution in [2.45, 2.75) is 27.2 Å². The standard InChI is InChI=1S/C13H12N2O3.C11H8N2O4.CH4.K.H2O/c1-8(16)9-3-4-11(14-6-9)12-5-10(7-15-12)13(17)18-2;14-10(15)6-1-2-8(12-4-6)9-3-7(5-13-9)11(16)17;;;/h3-4,6-7H,5H2,1-2H3;1-2,4-5H,3H2,(H,14,15)(H,16,17);1H4;;1H2/q;;;+1;/p-1. The summed E-state index contributed by atoms with van der Waals surface area (Å²) < 4.78 is 4.62. The molecule has 4 heterocycles. The van der Waals surface area contributed by atoms with Crippen LogP contribution in [-0.4, -0.2) is 67.9 Å². The topological polar surface area (TPSA) is 198 Å². The van der Waals surface area contributed by atoms with Crippen LogP contribution in [0.5, 0.6) is 0 Å². The molecule has 2 aliphatic heterocycles. The second-order valence-corrected chi connectivity index (χ2v) is 7.34. The maximum Gasteiger partial charge on any atom is 1.00 e. The molecule has 4 rings (SSSR count). The molecule has 13 heteroatoms. The van der Waals surface area contributed by atoms with Crippen LogP contribution in [0.15, 0.2) is 70.2 Å². The van der Waals surface area contributed by atoms with Crippen molar-refractivity contribution in [1.82, 2.24) is 9.97 Å². The van der Waals surface area contributed by atoms with Gasteiger partial charge in [-0.25, -0.2) is 14.4 Å². The Bertz CT molecular complexity index is 1310. The number of hydrogen-bond donors (Lipinski definition) is 2. The number of Topliss-reactive ketones (excluding diaryl/α,β-unsaturated/α-hetero) is 1. The van der Waals surface area contributed by atoms with Crippen LogP contribution in [0.4, 0.5) is 0 Å². The Morgan fingerprint density at radius 2 is 1.26 bits per heavy atom. The van der Waals surface area contributed by atoms with Crippen molar-refractivity contribution >= 4 is 35.1 Å². The molecule has 2 aliphatic rings. The van der Waals surface area contributed by atoms with E-state index in [2.05, 4.69) is 24.7 Å². The van der Waals surface area contributed by atoms with E-state index < -0.39 is 11.9 Å². The summed E-state index contributed by atoms with van der Waals surface area (Å²) in [4.78, 5) is 59.9. The number of aromatic nitrogens is 2. The monoisotopic (exact) mass is 548 g/mol. The van der Waals surface area contributed by atoms with Crippen LogP contribution in [0.25, 0.3) is 0 Å². The first-order valence-corrected chi connectivity index (χ1v) is 10.2. The molecule has 38 heavy (non-hydrogen) atoms. The van der Waals surface area contributed by atoms with Crippen LogP contribution >= 0.6 is 0 Å². The van der Waals surface area contributed by atoms with E-state index in [0.717, 1.165) is 0 Å². The third-order valence-electron chi connectivity index (χ3n) is 4.96. The number of carbonyl (C=O) groups is 4. The molecule has 3 N–H and O–H groups in total. The number of carbonyl (C=O) groups excluding carboxylic acids is 2. The Morgan fingerprint density at radius 1 is 0.789 bits per heavy atom. The summed E-state index contributed by atoms with van der Waals surface area (Å²) >= 11 is 0. The molecular formula is C25H25KN4O8. The number of pyridine rings is 2. The van der Waals surface area contributed by atoms with Crippen LogP contribution < -0.4 is 51.4 Å². The minimum Gasteiger partial charge on any atom is -0.870 e. The number of aromatic carboxylic acids is 1. The summed E-state index contributed by atoms with van der Waals surface area (Å²) in [7, 11) is 1.33. The fraction of sp³-hybridized carbons (Fsp3) is 0.200. The Kier molecular flexibility index (Phi) is 14.6. The van der Waals surface area contributed by atoms with Gasteiger partial charge in [0.2, 0.25) is 0 Å². The number of aliphatic carboxylic acids is 1. The number of nitrogens with zero attached hydrogens (tertiary/aromatic N) is 4. The predicted molar refractivity (Wildman–Crippen MR) is 132 cm³/mol. The van der Waals surface area contributed by atoms with Gasteiger partial charge in [-0.05, 0) is 31.2 Å². The molecule has 0 unspecified atom stereocenters. The van der Waals surface area contributed by atoms with Crippen LogP contribution in [0.2, 0.25) is 0 Å². The number of carboxylic acid groups (broad SMARTS) is 2. The van der Waals surface area contributed by atoms with Crippen molar-refractivity contribution < 1.29 is 91.0 Å². The minimum absolute atomic E-state index is 0. The quantitative estimate of drug-likeness (QED) is 0.280. The molecule has 2 aromatic rings. The van der Waals surface area contributed by atoms with Gasteiger partial charge in [0.15, 0.2) is 5.78 Å². The molecule has 0 aliphatic carbocycles. The predicted octanol–water partition coefficient (Wildman–Crippen LogP) is -0.0617. The molecular weight excluding hydrogens is 523 g/mol. The Balaban J connectivity index is 0.000000669. The summed E-state index contributed by atoms with van der Waals surface area (Å²) in [5.41, 5.74) is 3.72. The van der Waals surface area contributed by atoms with E-state index in [1.807, 2.05) is 0 Å². The zero-order chi connectivity index (χ0) is 25.5. The summed E-state index contributed by atoms with van der Waals surface area (Å²) in [5.74, 6) is -2.47. The average Bonchev–Trinajstić information content (AvgIpc) is 3.55. The Morgan fingerprint density at radius 3 is 1.63 bits per heavy atom. The molecule has 0 atom stereocenters. The number of ketones is 1. The van der Waals surface area contributed by atoms with Gasteiger partial charge in [0.25, 0.3) is 0 Å². The number of rotatable bonds is 6. The van der Waals surface area contributed by atoms with Crippen molar-refractivity contribution in [2.24, 2.45) is 9.98 Å². The van der Waals surface area contributed by atoms with E-state index >= 15 is 0 Å². The molecule has 0 bridgehead atoms. The first kappa shape index (κ1) is 34.8. The third kappa shape index (κ3) is 8.97. The molecule has 0 amide bonds. The van der Waals surface area contributed by atoms with Crippen molar-refractivity contribution in [3.63, 3.8) is 0 Å². The van der Waals surface area contributed by atoms with E-state index in [1.54, 1.807) is 12.1 Å². The van der Waals surface area contributed by atoms with Gasteiger partial charge in [0.1, 0.15) is 0 Å². The fourth-order valence-corrected chi connectivity index (χ4v) is 3.02. The fourth-order valence-electron chi connectivity index (χ4n) is 3.02. The molecule has 12 nitrogen and oxygen atoms in total.